The molecule has 1 unspecified atom stereocenters. The first kappa shape index (κ1) is 15.6. The van der Waals surface area contributed by atoms with E-state index in [-0.39, 0.29) is 23.2 Å². The van der Waals surface area contributed by atoms with Gasteiger partial charge in [-0.05, 0) is 24.1 Å². The third-order valence-electron chi connectivity index (χ3n) is 3.99. The molecule has 23 heavy (non-hydrogen) atoms. The minimum absolute atomic E-state index is 0.0508. The van der Waals surface area contributed by atoms with Gasteiger partial charge in [-0.15, -0.1) is 0 Å². The van der Waals surface area contributed by atoms with Crippen LogP contribution >= 0.6 is 0 Å². The van der Waals surface area contributed by atoms with Crippen LogP contribution in [0.1, 0.15) is 56.9 Å². The summed E-state index contributed by atoms with van der Waals surface area (Å²) >= 11 is 0. The molecule has 1 atom stereocenters. The van der Waals surface area contributed by atoms with Gasteiger partial charge in [0.1, 0.15) is 11.9 Å². The monoisotopic (exact) mass is 317 g/mol. The lowest BCUT2D eigenvalue weighted by atomic mass is 9.96. The summed E-state index contributed by atoms with van der Waals surface area (Å²) in [5.74, 6) is 0.871. The van der Waals surface area contributed by atoms with Gasteiger partial charge in [-0.1, -0.05) is 38.1 Å². The molecule has 1 fully saturated rings. The largest absolute Gasteiger partial charge is 0.337 e. The van der Waals surface area contributed by atoms with Crippen molar-refractivity contribution in [1.82, 2.24) is 15.0 Å². The molecule has 1 amide bonds. The SMILES string of the molecule is CC(C)(C)c1noc(C2CCC(=O)N2Cc2ccc(F)cc2)n1. The van der Waals surface area contributed by atoms with Gasteiger partial charge in [0, 0.05) is 18.4 Å². The lowest BCUT2D eigenvalue weighted by molar-refractivity contribution is -0.129. The fourth-order valence-corrected chi connectivity index (χ4v) is 2.65. The topological polar surface area (TPSA) is 59.2 Å². The van der Waals surface area contributed by atoms with E-state index in [0.717, 1.165) is 5.56 Å². The quantitative estimate of drug-likeness (QED) is 0.871. The lowest BCUT2D eigenvalue weighted by Gasteiger charge is -2.22. The van der Waals surface area contributed by atoms with Gasteiger partial charge in [-0.2, -0.15) is 4.98 Å². The van der Waals surface area contributed by atoms with Gasteiger partial charge in [0.15, 0.2) is 5.82 Å². The number of hydrogen-bond acceptors (Lipinski definition) is 4. The Balaban J connectivity index is 1.82. The molecule has 0 saturated carbocycles. The molecule has 5 nitrogen and oxygen atoms in total. The zero-order valence-corrected chi connectivity index (χ0v) is 13.5. The Morgan fingerprint density at radius 3 is 2.61 bits per heavy atom. The number of hydrogen-bond donors (Lipinski definition) is 0. The molecule has 1 aromatic heterocycles. The van der Waals surface area contributed by atoms with E-state index in [1.165, 1.54) is 12.1 Å². The number of amides is 1. The summed E-state index contributed by atoms with van der Waals surface area (Å²) in [5.41, 5.74) is 0.675. The Morgan fingerprint density at radius 2 is 2.00 bits per heavy atom. The maximum absolute atomic E-state index is 13.0. The van der Waals surface area contributed by atoms with E-state index >= 15 is 0 Å². The molecule has 1 aromatic carbocycles. The molecular weight excluding hydrogens is 297 g/mol. The number of rotatable bonds is 3. The zero-order chi connectivity index (χ0) is 16.6. The molecule has 1 saturated heterocycles. The number of halogens is 1. The molecule has 0 bridgehead atoms. The van der Waals surface area contributed by atoms with Crippen molar-refractivity contribution in [3.05, 3.63) is 47.4 Å². The molecule has 6 heteroatoms. The van der Waals surface area contributed by atoms with Crippen LogP contribution < -0.4 is 0 Å². The zero-order valence-electron chi connectivity index (χ0n) is 13.5. The molecule has 122 valence electrons. The van der Waals surface area contributed by atoms with Gasteiger partial charge in [0.25, 0.3) is 0 Å². The maximum atomic E-state index is 13.0. The molecule has 0 N–H and O–H groups in total. The van der Waals surface area contributed by atoms with Crippen molar-refractivity contribution >= 4 is 5.91 Å². The Hall–Kier alpha value is -2.24. The summed E-state index contributed by atoms with van der Waals surface area (Å²) in [7, 11) is 0. The van der Waals surface area contributed by atoms with Crippen LogP contribution in [0, 0.1) is 5.82 Å². The third kappa shape index (κ3) is 3.25. The van der Waals surface area contributed by atoms with Gasteiger partial charge < -0.3 is 9.42 Å². The highest BCUT2D eigenvalue weighted by molar-refractivity contribution is 5.78. The minimum atomic E-state index is -0.287. The standard InChI is InChI=1S/C17H20FN3O2/c1-17(2,3)16-19-15(23-20-16)13-8-9-14(22)21(13)10-11-4-6-12(18)7-5-11/h4-7,13H,8-10H2,1-3H3. The van der Waals surface area contributed by atoms with Crippen LogP contribution in [0.15, 0.2) is 28.8 Å². The molecule has 3 rings (SSSR count). The number of aromatic nitrogens is 2. The number of likely N-dealkylation sites (tertiary alicyclic amines) is 1. The summed E-state index contributed by atoms with van der Waals surface area (Å²) in [4.78, 5) is 18.4. The first-order valence-corrected chi connectivity index (χ1v) is 7.72. The molecule has 0 spiro atoms. The number of benzene rings is 1. The van der Waals surface area contributed by atoms with Crippen molar-refractivity contribution in [2.24, 2.45) is 0 Å². The van der Waals surface area contributed by atoms with E-state index in [9.17, 15) is 9.18 Å². The summed E-state index contributed by atoms with van der Waals surface area (Å²) in [6.07, 6.45) is 1.12. The maximum Gasteiger partial charge on any atom is 0.249 e. The smallest absolute Gasteiger partial charge is 0.249 e. The Morgan fingerprint density at radius 1 is 1.30 bits per heavy atom. The van der Waals surface area contributed by atoms with Crippen molar-refractivity contribution in [3.63, 3.8) is 0 Å². The second kappa shape index (κ2) is 5.76. The van der Waals surface area contributed by atoms with Gasteiger partial charge >= 0.3 is 0 Å². The highest BCUT2D eigenvalue weighted by Crippen LogP contribution is 2.34. The molecule has 2 aromatic rings. The van der Waals surface area contributed by atoms with Crippen molar-refractivity contribution in [2.75, 3.05) is 0 Å². The average molecular weight is 317 g/mol. The summed E-state index contributed by atoms with van der Waals surface area (Å²) in [6, 6.07) is 5.96. The van der Waals surface area contributed by atoms with E-state index < -0.39 is 0 Å². The normalized spacial score (nSPS) is 18.7. The molecule has 1 aliphatic heterocycles. The molecule has 0 radical (unpaired) electrons. The van der Waals surface area contributed by atoms with E-state index in [2.05, 4.69) is 10.1 Å². The predicted molar refractivity (Wildman–Crippen MR) is 81.9 cm³/mol. The van der Waals surface area contributed by atoms with Crippen molar-refractivity contribution in [1.29, 1.82) is 0 Å². The van der Waals surface area contributed by atoms with Crippen LogP contribution in [0.4, 0.5) is 4.39 Å². The summed E-state index contributed by atoms with van der Waals surface area (Å²) in [6.45, 7) is 6.45. The average Bonchev–Trinajstić information content (AvgIpc) is 3.09. The lowest BCUT2D eigenvalue weighted by Crippen LogP contribution is -2.27. The summed E-state index contributed by atoms with van der Waals surface area (Å²) < 4.78 is 18.4. The number of nitrogens with zero attached hydrogens (tertiary/aromatic N) is 3. The van der Waals surface area contributed by atoms with Crippen molar-refractivity contribution < 1.29 is 13.7 Å². The van der Waals surface area contributed by atoms with Gasteiger partial charge in [0.05, 0.1) is 0 Å². The van der Waals surface area contributed by atoms with Crippen LogP contribution in [0.3, 0.4) is 0 Å². The van der Waals surface area contributed by atoms with Crippen LogP contribution in [0.2, 0.25) is 0 Å². The predicted octanol–water partition coefficient (Wildman–Crippen LogP) is 3.37. The summed E-state index contributed by atoms with van der Waals surface area (Å²) in [5, 5.41) is 4.04. The van der Waals surface area contributed by atoms with E-state index in [4.69, 9.17) is 4.52 Å². The van der Waals surface area contributed by atoms with Crippen LogP contribution in [0.25, 0.3) is 0 Å². The highest BCUT2D eigenvalue weighted by Gasteiger charge is 2.36. The number of carbonyl (C=O) groups is 1. The van der Waals surface area contributed by atoms with Crippen molar-refractivity contribution in [2.45, 2.75) is 51.6 Å². The van der Waals surface area contributed by atoms with Crippen LogP contribution in [-0.4, -0.2) is 20.9 Å². The minimum Gasteiger partial charge on any atom is -0.337 e. The molecular formula is C17H20FN3O2. The highest BCUT2D eigenvalue weighted by atomic mass is 19.1. The number of carbonyl (C=O) groups excluding carboxylic acids is 1. The fraction of sp³-hybridized carbons (Fsp3) is 0.471. The fourth-order valence-electron chi connectivity index (χ4n) is 2.65. The second-order valence-corrected chi connectivity index (χ2v) is 6.91. The Labute approximate surface area is 134 Å². The van der Waals surface area contributed by atoms with Crippen molar-refractivity contribution in [3.8, 4) is 0 Å². The second-order valence-electron chi connectivity index (χ2n) is 6.91. The van der Waals surface area contributed by atoms with E-state index in [1.54, 1.807) is 17.0 Å². The first-order valence-electron chi connectivity index (χ1n) is 7.72. The van der Waals surface area contributed by atoms with Crippen LogP contribution in [-0.2, 0) is 16.8 Å². The Kier molecular flexibility index (Phi) is 3.92. The molecule has 2 heterocycles. The third-order valence-corrected chi connectivity index (χ3v) is 3.99. The first-order chi connectivity index (χ1) is 10.8. The van der Waals surface area contributed by atoms with E-state index in [1.807, 2.05) is 20.8 Å². The van der Waals surface area contributed by atoms with Gasteiger partial charge in [0.2, 0.25) is 11.8 Å². The van der Waals surface area contributed by atoms with Crippen LogP contribution in [0.5, 0.6) is 0 Å². The molecule has 0 aliphatic carbocycles. The van der Waals surface area contributed by atoms with Gasteiger partial charge in [-0.25, -0.2) is 4.39 Å². The molecule has 1 aliphatic rings. The van der Waals surface area contributed by atoms with E-state index in [0.29, 0.717) is 31.1 Å². The van der Waals surface area contributed by atoms with Gasteiger partial charge in [-0.3, -0.25) is 4.79 Å². The Bertz CT molecular complexity index is 703.